The molecule has 0 radical (unpaired) electrons. The number of amides is 1. The Kier molecular flexibility index (Phi) is 26.9. The van der Waals surface area contributed by atoms with E-state index in [4.69, 9.17) is 24.7 Å². The molecule has 13 N–H and O–H groups in total. The van der Waals surface area contributed by atoms with Crippen molar-refractivity contribution in [1.29, 1.82) is 0 Å². The van der Waals surface area contributed by atoms with Gasteiger partial charge in [0.05, 0.1) is 86.0 Å². The van der Waals surface area contributed by atoms with E-state index in [1.165, 1.54) is 0 Å². The Labute approximate surface area is 406 Å². The minimum atomic E-state index is -2.25. The van der Waals surface area contributed by atoms with Crippen molar-refractivity contribution in [2.24, 2.45) is 17.6 Å². The highest BCUT2D eigenvalue weighted by atomic mass is 16.7. The van der Waals surface area contributed by atoms with Crippen LogP contribution < -0.4 is 11.1 Å². The number of nitrogens with one attached hydrogen (secondary N) is 1. The molecule has 0 aromatic heterocycles. The standard InChI is InChI=1S/C50H81N3O16/c1-32-18-15-13-11-9-7-5-6-8-10-12-14-16-19-37(68-49-47(63)46(51)42(61)31-66-49)28-43-45(48(64)52-22-17-23-53(3)4)41(60)30-50(65,69-43)29-36(56)26-40(59)38(57)21-20-34(54)25-35(55)27-44(62)67-33(2)24-39(32)58/h5-16,18-19,32-43,45-47,49,54-61,63,65H,17,20-31,51H2,1-4H3,(H,52,64)/b6-5+,9-7+,10-8+,13-11+,14-12+,18-15+,19-16+/t32-,33-,34?,35?,36?,37?,38?,39-,40+,41-,42+,43-,45?,46-,47-,49-,50?/m0/s1. The van der Waals surface area contributed by atoms with Crippen molar-refractivity contribution in [2.45, 2.75) is 169 Å². The minimum absolute atomic E-state index is 0.0872. The molecule has 7 unspecified atom stereocenters. The number of carbonyl (C=O) groups excluding carboxylic acids is 2. The number of aliphatic hydroxyl groups is 10. The number of ether oxygens (including phenoxy) is 4. The molecule has 1 amide bonds. The zero-order chi connectivity index (χ0) is 51.1. The smallest absolute Gasteiger partial charge is 0.308 e. The molecule has 0 aromatic rings. The fourth-order valence-electron chi connectivity index (χ4n) is 8.23. The number of nitrogens with two attached hydrogens (primary N) is 1. The van der Waals surface area contributed by atoms with Gasteiger partial charge in [-0.1, -0.05) is 92.0 Å². The number of cyclic esters (lactones) is 1. The quantitative estimate of drug-likeness (QED) is 0.119. The van der Waals surface area contributed by atoms with Gasteiger partial charge in [-0.2, -0.15) is 0 Å². The summed E-state index contributed by atoms with van der Waals surface area (Å²) in [5.74, 6) is -5.03. The van der Waals surface area contributed by atoms with Gasteiger partial charge in [0.2, 0.25) is 5.91 Å². The number of aliphatic hydroxyl groups excluding tert-OH is 9. The first-order valence-corrected chi connectivity index (χ1v) is 24.0. The largest absolute Gasteiger partial charge is 0.462 e. The van der Waals surface area contributed by atoms with Crippen molar-refractivity contribution in [1.82, 2.24) is 10.2 Å². The van der Waals surface area contributed by atoms with E-state index in [0.29, 0.717) is 13.0 Å². The lowest BCUT2D eigenvalue weighted by molar-refractivity contribution is -0.304. The first-order valence-electron chi connectivity index (χ1n) is 24.0. The zero-order valence-electron chi connectivity index (χ0n) is 40.5. The molecule has 2 fully saturated rings. The summed E-state index contributed by atoms with van der Waals surface area (Å²) in [6.45, 7) is 4.17. The number of rotatable bonds is 7. The number of nitrogens with zero attached hydrogens (tertiary/aromatic N) is 1. The lowest BCUT2D eigenvalue weighted by Crippen LogP contribution is -2.59. The molecule has 2 bridgehead atoms. The van der Waals surface area contributed by atoms with Gasteiger partial charge in [-0.3, -0.25) is 9.59 Å². The molecule has 3 heterocycles. The summed E-state index contributed by atoms with van der Waals surface area (Å²) in [6, 6.07) is -1.10. The Morgan fingerprint density at radius 3 is 1.97 bits per heavy atom. The molecule has 0 saturated carbocycles. The molecule has 392 valence electrons. The highest BCUT2D eigenvalue weighted by Crippen LogP contribution is 2.38. The normalized spacial score (nSPS) is 41.4. The molecule has 17 atom stereocenters. The van der Waals surface area contributed by atoms with Crippen molar-refractivity contribution in [2.75, 3.05) is 33.8 Å². The van der Waals surface area contributed by atoms with E-state index in [-0.39, 0.29) is 51.2 Å². The van der Waals surface area contributed by atoms with E-state index in [9.17, 15) is 60.7 Å². The fourth-order valence-corrected chi connectivity index (χ4v) is 8.23. The second-order valence-electron chi connectivity index (χ2n) is 18.8. The van der Waals surface area contributed by atoms with Crippen LogP contribution in [-0.2, 0) is 28.5 Å². The molecule has 0 aliphatic carbocycles. The van der Waals surface area contributed by atoms with Crippen LogP contribution in [0.15, 0.2) is 85.1 Å². The highest BCUT2D eigenvalue weighted by Gasteiger charge is 2.50. The average molecular weight is 980 g/mol. The number of esters is 1. The van der Waals surface area contributed by atoms with Gasteiger partial charge < -0.3 is 86.0 Å². The van der Waals surface area contributed by atoms with Crippen molar-refractivity contribution in [3.8, 4) is 0 Å². The summed E-state index contributed by atoms with van der Waals surface area (Å²) >= 11 is 0. The Hall–Kier alpha value is -3.48. The van der Waals surface area contributed by atoms with E-state index in [0.717, 1.165) is 0 Å². The van der Waals surface area contributed by atoms with Gasteiger partial charge in [-0.05, 0) is 53.2 Å². The number of fused-ring (bicyclic) bond motifs is 2. The third-order valence-electron chi connectivity index (χ3n) is 12.2. The Morgan fingerprint density at radius 1 is 0.739 bits per heavy atom. The summed E-state index contributed by atoms with van der Waals surface area (Å²) in [5, 5.41) is 112. The SMILES string of the molecule is C[C@H]1C[C@H](O)[C@@H](C)/C=C/C=C/C=C/C=C/C=C/C=C/C=C/C(O[C@@H]2OC[C@@H](O)[C@H](N)[C@@H]2O)C[C@@H]2OC(O)(CC(O)C[C@@H](O)C(O)CCC(O)CC(O)CC(=O)O1)C[C@H](O)C2C(=O)NCCCN(C)C. The summed E-state index contributed by atoms with van der Waals surface area (Å²) in [7, 11) is 3.78. The van der Waals surface area contributed by atoms with Gasteiger partial charge in [0.15, 0.2) is 12.1 Å². The summed E-state index contributed by atoms with van der Waals surface area (Å²) in [5.41, 5.74) is 6.02. The molecule has 3 aliphatic heterocycles. The van der Waals surface area contributed by atoms with Crippen LogP contribution in [-0.4, -0.2) is 193 Å². The maximum atomic E-state index is 13.8. The predicted octanol–water partition coefficient (Wildman–Crippen LogP) is 0.0605. The Morgan fingerprint density at radius 2 is 1.35 bits per heavy atom. The van der Waals surface area contributed by atoms with Gasteiger partial charge in [-0.15, -0.1) is 0 Å². The van der Waals surface area contributed by atoms with Crippen LogP contribution in [0.5, 0.6) is 0 Å². The van der Waals surface area contributed by atoms with Crippen LogP contribution in [0.3, 0.4) is 0 Å². The highest BCUT2D eigenvalue weighted by molar-refractivity contribution is 5.80. The van der Waals surface area contributed by atoms with Gasteiger partial charge in [0.25, 0.3) is 0 Å². The number of carbonyl (C=O) groups is 2. The topological polar surface area (TPSA) is 315 Å². The van der Waals surface area contributed by atoms with Crippen LogP contribution in [0, 0.1) is 11.8 Å². The maximum absolute atomic E-state index is 13.8. The third kappa shape index (κ3) is 22.6. The van der Waals surface area contributed by atoms with Crippen LogP contribution in [0.25, 0.3) is 0 Å². The van der Waals surface area contributed by atoms with Crippen LogP contribution in [0.4, 0.5) is 0 Å². The Balaban J connectivity index is 1.90. The minimum Gasteiger partial charge on any atom is -0.462 e. The van der Waals surface area contributed by atoms with Crippen LogP contribution >= 0.6 is 0 Å². The fraction of sp³-hybridized carbons (Fsp3) is 0.680. The molecule has 2 saturated heterocycles. The molecule has 0 aromatic carbocycles. The van der Waals surface area contributed by atoms with Crippen molar-refractivity contribution in [3.05, 3.63) is 85.1 Å². The Bertz CT molecular complexity index is 1720. The van der Waals surface area contributed by atoms with Gasteiger partial charge in [0.1, 0.15) is 12.2 Å². The zero-order valence-corrected chi connectivity index (χ0v) is 40.5. The average Bonchev–Trinajstić information content (AvgIpc) is 3.25. The summed E-state index contributed by atoms with van der Waals surface area (Å²) in [6.07, 6.45) is 6.73. The second-order valence-corrected chi connectivity index (χ2v) is 18.8. The van der Waals surface area contributed by atoms with E-state index in [1.807, 2.05) is 62.4 Å². The van der Waals surface area contributed by atoms with Crippen LogP contribution in [0.2, 0.25) is 0 Å². The lowest BCUT2D eigenvalue weighted by Gasteiger charge is -2.45. The maximum Gasteiger partial charge on any atom is 0.308 e. The van der Waals surface area contributed by atoms with E-state index >= 15 is 0 Å². The molecule has 0 spiro atoms. The van der Waals surface area contributed by atoms with E-state index < -0.39 is 135 Å². The molecule has 3 aliphatic rings. The molecule has 19 nitrogen and oxygen atoms in total. The first-order chi connectivity index (χ1) is 32.7. The molecule has 69 heavy (non-hydrogen) atoms. The summed E-state index contributed by atoms with van der Waals surface area (Å²) < 4.78 is 23.4. The van der Waals surface area contributed by atoms with Gasteiger partial charge in [0, 0.05) is 44.6 Å². The molecule has 3 rings (SSSR count). The molecular weight excluding hydrogens is 899 g/mol. The van der Waals surface area contributed by atoms with Crippen LogP contribution in [0.1, 0.15) is 78.1 Å². The summed E-state index contributed by atoms with van der Waals surface area (Å²) in [4.78, 5) is 28.3. The predicted molar refractivity (Wildman–Crippen MR) is 256 cm³/mol. The lowest BCUT2D eigenvalue weighted by atomic mass is 9.82. The number of allylic oxidation sites excluding steroid dienone is 12. The first kappa shape index (κ1) is 59.8. The van der Waals surface area contributed by atoms with Crippen molar-refractivity contribution < 1.29 is 79.6 Å². The molecular formula is C50H81N3O16. The molecule has 19 heteroatoms. The number of hydrogen-bond donors (Lipinski definition) is 12. The van der Waals surface area contributed by atoms with Crippen molar-refractivity contribution >= 4 is 11.9 Å². The van der Waals surface area contributed by atoms with Crippen molar-refractivity contribution in [3.63, 3.8) is 0 Å². The second kappa shape index (κ2) is 31.1. The van der Waals surface area contributed by atoms with E-state index in [1.54, 1.807) is 55.5 Å². The van der Waals surface area contributed by atoms with Gasteiger partial charge >= 0.3 is 5.97 Å². The number of hydrogen-bond acceptors (Lipinski definition) is 18. The van der Waals surface area contributed by atoms with E-state index in [2.05, 4.69) is 5.32 Å². The monoisotopic (exact) mass is 980 g/mol. The third-order valence-corrected chi connectivity index (χ3v) is 12.2. The van der Waals surface area contributed by atoms with Gasteiger partial charge in [-0.25, -0.2) is 0 Å².